The highest BCUT2D eigenvalue weighted by molar-refractivity contribution is 7.15. The second kappa shape index (κ2) is 9.63. The van der Waals surface area contributed by atoms with Crippen LogP contribution < -0.4 is 15.1 Å². The molecule has 3 heterocycles. The number of ether oxygens (including phenoxy) is 2. The molecule has 0 spiro atoms. The highest BCUT2D eigenvalue weighted by atomic mass is 32.1. The van der Waals surface area contributed by atoms with Crippen LogP contribution in [0.2, 0.25) is 0 Å². The average Bonchev–Trinajstić information content (AvgIpc) is 3.21. The van der Waals surface area contributed by atoms with Crippen LogP contribution in [0.15, 0.2) is 6.07 Å². The average molecular weight is 436 g/mol. The second-order valence-corrected chi connectivity index (χ2v) is 9.02. The van der Waals surface area contributed by atoms with Gasteiger partial charge in [-0.1, -0.05) is 32.1 Å². The molecule has 30 heavy (non-hydrogen) atoms. The van der Waals surface area contributed by atoms with E-state index in [1.807, 2.05) is 16.8 Å². The van der Waals surface area contributed by atoms with E-state index in [9.17, 15) is 4.79 Å². The summed E-state index contributed by atoms with van der Waals surface area (Å²) in [7, 11) is 3.56. The SMILES string of the molecule is COCCN(C)c1cc(C(=O)Nc2nnc(C(C)(C)C)s2)nc(N2CCOCC2)n1. The van der Waals surface area contributed by atoms with Crippen LogP contribution in [-0.4, -0.2) is 79.7 Å². The smallest absolute Gasteiger partial charge is 0.276 e. The quantitative estimate of drug-likeness (QED) is 0.697. The van der Waals surface area contributed by atoms with E-state index in [4.69, 9.17) is 9.47 Å². The fraction of sp³-hybridized carbons (Fsp3) is 0.632. The Morgan fingerprint density at radius 1 is 1.30 bits per heavy atom. The van der Waals surface area contributed by atoms with E-state index in [-0.39, 0.29) is 17.0 Å². The van der Waals surface area contributed by atoms with Crippen LogP contribution in [0.25, 0.3) is 0 Å². The van der Waals surface area contributed by atoms with Crippen molar-refractivity contribution in [2.24, 2.45) is 0 Å². The normalized spacial score (nSPS) is 14.6. The molecule has 11 heteroatoms. The zero-order chi connectivity index (χ0) is 21.7. The van der Waals surface area contributed by atoms with E-state index >= 15 is 0 Å². The van der Waals surface area contributed by atoms with Crippen molar-refractivity contribution in [1.29, 1.82) is 0 Å². The molecule has 1 N–H and O–H groups in total. The lowest BCUT2D eigenvalue weighted by Crippen LogP contribution is -2.38. The van der Waals surface area contributed by atoms with E-state index in [1.54, 1.807) is 13.2 Å². The van der Waals surface area contributed by atoms with E-state index < -0.39 is 0 Å². The van der Waals surface area contributed by atoms with Crippen molar-refractivity contribution in [3.8, 4) is 0 Å². The molecule has 0 aliphatic carbocycles. The molecule has 0 bridgehead atoms. The number of amides is 1. The number of hydrogen-bond acceptors (Lipinski definition) is 10. The van der Waals surface area contributed by atoms with Gasteiger partial charge in [-0.25, -0.2) is 4.98 Å². The third kappa shape index (κ3) is 5.61. The van der Waals surface area contributed by atoms with Gasteiger partial charge in [-0.05, 0) is 0 Å². The minimum Gasteiger partial charge on any atom is -0.383 e. The monoisotopic (exact) mass is 435 g/mol. The van der Waals surface area contributed by atoms with Crippen LogP contribution in [0.4, 0.5) is 16.9 Å². The fourth-order valence-corrected chi connectivity index (χ4v) is 3.52. The Bertz CT molecular complexity index is 862. The van der Waals surface area contributed by atoms with Gasteiger partial charge in [0.05, 0.1) is 19.8 Å². The summed E-state index contributed by atoms with van der Waals surface area (Å²) in [5.41, 5.74) is 0.147. The molecule has 0 unspecified atom stereocenters. The van der Waals surface area contributed by atoms with Gasteiger partial charge >= 0.3 is 0 Å². The zero-order valence-electron chi connectivity index (χ0n) is 18.1. The summed E-state index contributed by atoms with van der Waals surface area (Å²) >= 11 is 1.37. The lowest BCUT2D eigenvalue weighted by molar-refractivity contribution is 0.102. The standard InChI is InChI=1S/C19H29N7O3S/c1-19(2,3)16-23-24-18(30-16)22-15(27)13-12-14(25(4)6-9-28-5)21-17(20-13)26-7-10-29-11-8-26/h12H,6-11H2,1-5H3,(H,22,24,27). The molecule has 0 aromatic carbocycles. The van der Waals surface area contributed by atoms with Crippen LogP contribution in [0.3, 0.4) is 0 Å². The first-order valence-electron chi connectivity index (χ1n) is 9.85. The van der Waals surface area contributed by atoms with Crippen LogP contribution in [0.1, 0.15) is 36.3 Å². The number of carbonyl (C=O) groups excluding carboxylic acids is 1. The highest BCUT2D eigenvalue weighted by Gasteiger charge is 2.22. The van der Waals surface area contributed by atoms with Crippen molar-refractivity contribution in [3.05, 3.63) is 16.8 Å². The summed E-state index contributed by atoms with van der Waals surface area (Å²) in [6.07, 6.45) is 0. The van der Waals surface area contributed by atoms with Crippen molar-refractivity contribution in [1.82, 2.24) is 20.2 Å². The van der Waals surface area contributed by atoms with Gasteiger partial charge in [-0.3, -0.25) is 10.1 Å². The molecule has 2 aromatic heterocycles. The number of methoxy groups -OCH3 is 1. The van der Waals surface area contributed by atoms with Crippen LogP contribution in [0.5, 0.6) is 0 Å². The van der Waals surface area contributed by atoms with E-state index in [2.05, 4.69) is 46.3 Å². The van der Waals surface area contributed by atoms with Crippen molar-refractivity contribution < 1.29 is 14.3 Å². The van der Waals surface area contributed by atoms with Gasteiger partial charge in [0.2, 0.25) is 11.1 Å². The molecule has 1 aliphatic heterocycles. The number of hydrogen-bond donors (Lipinski definition) is 1. The van der Waals surface area contributed by atoms with Crippen molar-refractivity contribution >= 4 is 34.1 Å². The van der Waals surface area contributed by atoms with Gasteiger partial charge in [-0.2, -0.15) is 4.98 Å². The minimum atomic E-state index is -0.343. The van der Waals surface area contributed by atoms with Crippen molar-refractivity contribution in [3.63, 3.8) is 0 Å². The Morgan fingerprint density at radius 2 is 2.03 bits per heavy atom. The maximum atomic E-state index is 12.9. The number of rotatable bonds is 7. The molecule has 1 aliphatic rings. The molecule has 10 nitrogen and oxygen atoms in total. The van der Waals surface area contributed by atoms with E-state index in [1.165, 1.54) is 11.3 Å². The molecule has 0 radical (unpaired) electrons. The Kier molecular flexibility index (Phi) is 7.16. The maximum Gasteiger partial charge on any atom is 0.276 e. The Hall–Kier alpha value is -2.37. The lowest BCUT2D eigenvalue weighted by Gasteiger charge is -2.28. The maximum absolute atomic E-state index is 12.9. The number of likely N-dealkylation sites (N-methyl/N-ethyl adjacent to an activating group) is 1. The molecule has 1 amide bonds. The number of morpholine rings is 1. The molecular weight excluding hydrogens is 406 g/mol. The molecule has 164 valence electrons. The Balaban J connectivity index is 1.85. The molecular formula is C19H29N7O3S. The molecule has 3 rings (SSSR count). The summed E-state index contributed by atoms with van der Waals surface area (Å²) in [6.45, 7) is 9.93. The zero-order valence-corrected chi connectivity index (χ0v) is 19.0. The summed E-state index contributed by atoms with van der Waals surface area (Å²) in [6, 6.07) is 1.68. The molecule has 0 saturated carbocycles. The first-order valence-corrected chi connectivity index (χ1v) is 10.7. The van der Waals surface area contributed by atoms with Gasteiger partial charge < -0.3 is 19.3 Å². The number of aromatic nitrogens is 4. The fourth-order valence-electron chi connectivity index (χ4n) is 2.72. The third-order valence-corrected chi connectivity index (χ3v) is 5.80. The molecule has 0 atom stereocenters. The molecule has 2 aromatic rings. The molecule has 1 saturated heterocycles. The van der Waals surface area contributed by atoms with Gasteiger partial charge in [-0.15, -0.1) is 10.2 Å². The van der Waals surface area contributed by atoms with Crippen molar-refractivity contribution in [2.45, 2.75) is 26.2 Å². The predicted octanol–water partition coefficient (Wildman–Crippen LogP) is 1.80. The Morgan fingerprint density at radius 3 is 2.67 bits per heavy atom. The summed E-state index contributed by atoms with van der Waals surface area (Å²) in [5.74, 6) is 0.823. The van der Waals surface area contributed by atoms with Crippen LogP contribution in [0, 0.1) is 0 Å². The van der Waals surface area contributed by atoms with Crippen LogP contribution >= 0.6 is 11.3 Å². The third-order valence-electron chi connectivity index (χ3n) is 4.54. The highest BCUT2D eigenvalue weighted by Crippen LogP contribution is 2.28. The first-order chi connectivity index (χ1) is 14.3. The van der Waals surface area contributed by atoms with Gasteiger partial charge in [0, 0.05) is 45.3 Å². The summed E-state index contributed by atoms with van der Waals surface area (Å²) in [4.78, 5) is 26.1. The van der Waals surface area contributed by atoms with Gasteiger partial charge in [0.15, 0.2) is 0 Å². The number of anilines is 3. The second-order valence-electron chi connectivity index (χ2n) is 8.04. The number of carbonyl (C=O) groups is 1. The number of nitrogens with zero attached hydrogens (tertiary/aromatic N) is 6. The van der Waals surface area contributed by atoms with Crippen LogP contribution in [-0.2, 0) is 14.9 Å². The topological polar surface area (TPSA) is 106 Å². The largest absolute Gasteiger partial charge is 0.383 e. The molecule has 1 fully saturated rings. The van der Waals surface area contributed by atoms with Gasteiger partial charge in [0.1, 0.15) is 16.5 Å². The number of nitrogens with one attached hydrogen (secondary N) is 1. The minimum absolute atomic E-state index is 0.129. The lowest BCUT2D eigenvalue weighted by atomic mass is 9.98. The predicted molar refractivity (Wildman–Crippen MR) is 117 cm³/mol. The summed E-state index contributed by atoms with van der Waals surface area (Å²) in [5, 5.41) is 12.4. The van der Waals surface area contributed by atoms with E-state index in [0.29, 0.717) is 56.4 Å². The Labute approximate surface area is 180 Å². The van der Waals surface area contributed by atoms with E-state index in [0.717, 1.165) is 5.01 Å². The first kappa shape index (κ1) is 22.3. The summed E-state index contributed by atoms with van der Waals surface area (Å²) < 4.78 is 10.6. The van der Waals surface area contributed by atoms with Crippen molar-refractivity contribution in [2.75, 3.05) is 68.7 Å². The van der Waals surface area contributed by atoms with Gasteiger partial charge in [0.25, 0.3) is 5.91 Å².